The summed E-state index contributed by atoms with van der Waals surface area (Å²) in [5, 5.41) is 1.98. The van der Waals surface area contributed by atoms with Gasteiger partial charge in [-0.1, -0.05) is 60.7 Å². The van der Waals surface area contributed by atoms with Gasteiger partial charge in [-0.15, -0.1) is 0 Å². The predicted molar refractivity (Wildman–Crippen MR) is 105 cm³/mol. The first-order valence-electron chi connectivity index (χ1n) is 8.73. The number of carbonyl (C=O) groups is 1. The number of esters is 1. The van der Waals surface area contributed by atoms with E-state index in [4.69, 9.17) is 9.47 Å². The van der Waals surface area contributed by atoms with Crippen LogP contribution in [0.5, 0.6) is 5.75 Å². The Balaban J connectivity index is 1.47. The van der Waals surface area contributed by atoms with E-state index >= 15 is 0 Å². The topological polar surface area (TPSA) is 35.5 Å². The first-order valence-corrected chi connectivity index (χ1v) is 8.73. The van der Waals surface area contributed by atoms with Crippen LogP contribution >= 0.6 is 0 Å². The minimum Gasteiger partial charge on any atom is -0.497 e. The van der Waals surface area contributed by atoms with Crippen LogP contribution in [-0.4, -0.2) is 19.7 Å². The zero-order valence-electron chi connectivity index (χ0n) is 14.9. The van der Waals surface area contributed by atoms with E-state index in [0.717, 1.165) is 34.9 Å². The van der Waals surface area contributed by atoms with Gasteiger partial charge in [-0.05, 0) is 47.4 Å². The number of carbonyl (C=O) groups excluding carboxylic acids is 1. The van der Waals surface area contributed by atoms with E-state index in [1.165, 1.54) is 0 Å². The summed E-state index contributed by atoms with van der Waals surface area (Å²) >= 11 is 0. The summed E-state index contributed by atoms with van der Waals surface area (Å²) in [5.41, 5.74) is 1.75. The largest absolute Gasteiger partial charge is 0.497 e. The molecule has 0 amide bonds. The van der Waals surface area contributed by atoms with E-state index in [-0.39, 0.29) is 5.97 Å². The van der Waals surface area contributed by atoms with Crippen LogP contribution in [0.25, 0.3) is 16.8 Å². The molecule has 0 aliphatic heterocycles. The molecule has 0 aliphatic rings. The molecule has 26 heavy (non-hydrogen) atoms. The zero-order chi connectivity index (χ0) is 18.2. The molecular weight excluding hydrogens is 324 g/mol. The quantitative estimate of drug-likeness (QED) is 0.419. The van der Waals surface area contributed by atoms with Crippen LogP contribution in [0.1, 0.15) is 28.8 Å². The minimum atomic E-state index is -0.263. The Labute approximate surface area is 153 Å². The minimum absolute atomic E-state index is 0.263. The molecule has 132 valence electrons. The zero-order valence-corrected chi connectivity index (χ0v) is 14.9. The third kappa shape index (κ3) is 4.51. The summed E-state index contributed by atoms with van der Waals surface area (Å²) in [6.07, 6.45) is 5.80. The van der Waals surface area contributed by atoms with Gasteiger partial charge < -0.3 is 9.47 Å². The van der Waals surface area contributed by atoms with Crippen LogP contribution in [0, 0.1) is 0 Å². The summed E-state index contributed by atoms with van der Waals surface area (Å²) < 4.78 is 10.6. The normalized spacial score (nSPS) is 11.0. The first kappa shape index (κ1) is 17.7. The Morgan fingerprint density at radius 3 is 2.54 bits per heavy atom. The number of rotatable bonds is 7. The SMILES string of the molecule is COc1ccc(/C=C/CCCOC(=O)c2cccc3ccccc23)cc1. The Hall–Kier alpha value is -3.07. The Kier molecular flexibility index (Phi) is 6.05. The van der Waals surface area contributed by atoms with Crippen molar-refractivity contribution in [3.8, 4) is 5.75 Å². The Morgan fingerprint density at radius 2 is 1.73 bits per heavy atom. The number of hydrogen-bond acceptors (Lipinski definition) is 3. The lowest BCUT2D eigenvalue weighted by Crippen LogP contribution is -2.06. The van der Waals surface area contributed by atoms with Crippen molar-refractivity contribution >= 4 is 22.8 Å². The molecule has 0 N–H and O–H groups in total. The summed E-state index contributed by atoms with van der Waals surface area (Å²) in [7, 11) is 1.66. The summed E-state index contributed by atoms with van der Waals surface area (Å²) in [4.78, 5) is 12.3. The maximum atomic E-state index is 12.3. The number of allylic oxidation sites excluding steroid dienone is 1. The van der Waals surface area contributed by atoms with Gasteiger partial charge >= 0.3 is 5.97 Å². The molecule has 0 heterocycles. The molecule has 0 fully saturated rings. The molecule has 0 bridgehead atoms. The molecule has 0 aliphatic carbocycles. The van der Waals surface area contributed by atoms with Crippen molar-refractivity contribution < 1.29 is 14.3 Å². The standard InChI is InChI=1S/C23H22O3/c1-25-20-15-13-18(14-16-20)8-3-2-6-17-26-23(24)22-12-7-10-19-9-4-5-11-21(19)22/h3-5,7-16H,2,6,17H2,1H3/b8-3+. The number of unbranched alkanes of at least 4 members (excludes halogenated alkanes) is 1. The molecule has 0 aromatic heterocycles. The average molecular weight is 346 g/mol. The predicted octanol–water partition coefficient (Wildman–Crippen LogP) is 5.50. The maximum absolute atomic E-state index is 12.3. The van der Waals surface area contributed by atoms with E-state index < -0.39 is 0 Å². The highest BCUT2D eigenvalue weighted by atomic mass is 16.5. The van der Waals surface area contributed by atoms with E-state index in [0.29, 0.717) is 12.2 Å². The average Bonchev–Trinajstić information content (AvgIpc) is 2.70. The number of ether oxygens (including phenoxy) is 2. The molecule has 0 radical (unpaired) electrons. The maximum Gasteiger partial charge on any atom is 0.338 e. The van der Waals surface area contributed by atoms with Crippen molar-refractivity contribution in [2.24, 2.45) is 0 Å². The van der Waals surface area contributed by atoms with Crippen LogP contribution in [0.15, 0.2) is 72.8 Å². The van der Waals surface area contributed by atoms with Crippen LogP contribution in [0.2, 0.25) is 0 Å². The monoisotopic (exact) mass is 346 g/mol. The number of hydrogen-bond donors (Lipinski definition) is 0. The van der Waals surface area contributed by atoms with E-state index in [1.54, 1.807) is 7.11 Å². The molecule has 3 rings (SSSR count). The van der Waals surface area contributed by atoms with Gasteiger partial charge in [0.05, 0.1) is 19.3 Å². The van der Waals surface area contributed by atoms with Crippen molar-refractivity contribution in [1.29, 1.82) is 0 Å². The van der Waals surface area contributed by atoms with E-state index in [9.17, 15) is 4.79 Å². The van der Waals surface area contributed by atoms with Gasteiger partial charge in [-0.3, -0.25) is 0 Å². The Morgan fingerprint density at radius 1 is 0.962 bits per heavy atom. The lowest BCUT2D eigenvalue weighted by Gasteiger charge is -2.07. The fraction of sp³-hybridized carbons (Fsp3) is 0.174. The second kappa shape index (κ2) is 8.86. The van der Waals surface area contributed by atoms with Crippen molar-refractivity contribution in [3.63, 3.8) is 0 Å². The summed E-state index contributed by atoms with van der Waals surface area (Å²) in [6.45, 7) is 0.412. The molecule has 3 heteroatoms. The number of fused-ring (bicyclic) bond motifs is 1. The smallest absolute Gasteiger partial charge is 0.338 e. The van der Waals surface area contributed by atoms with Gasteiger partial charge in [-0.2, -0.15) is 0 Å². The molecule has 0 unspecified atom stereocenters. The molecule has 0 saturated heterocycles. The highest BCUT2D eigenvalue weighted by molar-refractivity contribution is 6.04. The molecule has 0 saturated carbocycles. The van der Waals surface area contributed by atoms with Crippen LogP contribution in [-0.2, 0) is 4.74 Å². The van der Waals surface area contributed by atoms with Gasteiger partial charge in [0.25, 0.3) is 0 Å². The lowest BCUT2D eigenvalue weighted by molar-refractivity contribution is 0.0504. The van der Waals surface area contributed by atoms with Crippen LogP contribution in [0.4, 0.5) is 0 Å². The number of methoxy groups -OCH3 is 1. The van der Waals surface area contributed by atoms with E-state index in [2.05, 4.69) is 12.2 Å². The molecule has 3 aromatic rings. The van der Waals surface area contributed by atoms with Gasteiger partial charge in [0.2, 0.25) is 0 Å². The van der Waals surface area contributed by atoms with Crippen molar-refractivity contribution in [2.75, 3.05) is 13.7 Å². The number of benzene rings is 3. The van der Waals surface area contributed by atoms with Gasteiger partial charge in [-0.25, -0.2) is 4.79 Å². The second-order valence-electron chi connectivity index (χ2n) is 5.98. The van der Waals surface area contributed by atoms with Gasteiger partial charge in [0, 0.05) is 0 Å². The fourth-order valence-electron chi connectivity index (χ4n) is 2.78. The van der Waals surface area contributed by atoms with Gasteiger partial charge in [0.1, 0.15) is 5.75 Å². The van der Waals surface area contributed by atoms with E-state index in [1.807, 2.05) is 66.7 Å². The Bertz CT molecular complexity index is 889. The highest BCUT2D eigenvalue weighted by Gasteiger charge is 2.10. The molecule has 3 nitrogen and oxygen atoms in total. The molecular formula is C23H22O3. The summed E-state index contributed by atoms with van der Waals surface area (Å²) in [5.74, 6) is 0.587. The molecule has 0 spiro atoms. The highest BCUT2D eigenvalue weighted by Crippen LogP contribution is 2.19. The second-order valence-corrected chi connectivity index (χ2v) is 5.98. The van der Waals surface area contributed by atoms with Crippen molar-refractivity contribution in [3.05, 3.63) is 83.9 Å². The fourth-order valence-corrected chi connectivity index (χ4v) is 2.78. The van der Waals surface area contributed by atoms with Crippen molar-refractivity contribution in [2.45, 2.75) is 12.8 Å². The van der Waals surface area contributed by atoms with Gasteiger partial charge in [0.15, 0.2) is 0 Å². The van der Waals surface area contributed by atoms with Crippen molar-refractivity contribution in [1.82, 2.24) is 0 Å². The molecule has 3 aromatic carbocycles. The van der Waals surface area contributed by atoms with Crippen LogP contribution < -0.4 is 4.74 Å². The molecule has 0 atom stereocenters. The third-order valence-corrected chi connectivity index (χ3v) is 4.18. The summed E-state index contributed by atoms with van der Waals surface area (Å²) in [6, 6.07) is 21.4. The lowest BCUT2D eigenvalue weighted by atomic mass is 10.1. The van der Waals surface area contributed by atoms with Crippen LogP contribution in [0.3, 0.4) is 0 Å². The third-order valence-electron chi connectivity index (χ3n) is 4.18. The first-order chi connectivity index (χ1) is 12.8.